The first-order chi connectivity index (χ1) is 16.3. The van der Waals surface area contributed by atoms with E-state index in [0.717, 1.165) is 5.56 Å². The van der Waals surface area contributed by atoms with Crippen LogP contribution in [0.15, 0.2) is 78.9 Å². The van der Waals surface area contributed by atoms with Crippen molar-refractivity contribution in [2.24, 2.45) is 0 Å². The topological polar surface area (TPSA) is 87.7 Å². The van der Waals surface area contributed by atoms with E-state index >= 15 is 0 Å². The molecule has 0 bridgehead atoms. The first-order valence-electron chi connectivity index (χ1n) is 10.7. The molecule has 1 atom stereocenters. The molecule has 2 N–H and O–H groups in total. The van der Waals surface area contributed by atoms with Gasteiger partial charge in [0, 0.05) is 19.8 Å². The molecule has 0 spiro atoms. The Morgan fingerprint density at radius 3 is 2.21 bits per heavy atom. The van der Waals surface area contributed by atoms with Crippen molar-refractivity contribution in [3.05, 3.63) is 95.0 Å². The number of likely N-dealkylation sites (N-methyl/N-ethyl adjacent to an activating group) is 1. The van der Waals surface area contributed by atoms with Crippen LogP contribution >= 0.6 is 11.6 Å². The van der Waals surface area contributed by atoms with Gasteiger partial charge in [0.15, 0.2) is 6.61 Å². The van der Waals surface area contributed by atoms with E-state index in [9.17, 15) is 14.4 Å². The molecule has 3 aromatic rings. The lowest BCUT2D eigenvalue weighted by Gasteiger charge is -2.19. The van der Waals surface area contributed by atoms with E-state index in [1.807, 2.05) is 30.3 Å². The lowest BCUT2D eigenvalue weighted by atomic mass is 10.0. The highest BCUT2D eigenvalue weighted by atomic mass is 35.5. The minimum atomic E-state index is -0.551. The third-order valence-corrected chi connectivity index (χ3v) is 5.34. The summed E-state index contributed by atoms with van der Waals surface area (Å²) in [5.41, 5.74) is 1.71. The predicted octanol–water partition coefficient (Wildman–Crippen LogP) is 4.31. The highest BCUT2D eigenvalue weighted by molar-refractivity contribution is 6.33. The fourth-order valence-electron chi connectivity index (χ4n) is 3.12. The van der Waals surface area contributed by atoms with Gasteiger partial charge in [-0.15, -0.1) is 0 Å². The summed E-state index contributed by atoms with van der Waals surface area (Å²) in [6, 6.07) is 22.2. The lowest BCUT2D eigenvalue weighted by molar-refractivity contribution is -0.130. The van der Waals surface area contributed by atoms with Crippen LogP contribution in [0, 0.1) is 0 Å². The standard InChI is InChI=1S/C26H26ClN3O4/c1-30(2)25(32)17-34-20-14-12-19(13-15-20)28-24(31)16-23(18-8-4-3-5-9-18)29-26(33)21-10-6-7-11-22(21)27/h3-15,23H,16-17H2,1-2H3,(H,28,31)(H,29,33). The smallest absolute Gasteiger partial charge is 0.259 e. The van der Waals surface area contributed by atoms with Gasteiger partial charge in [0.25, 0.3) is 11.8 Å². The molecular weight excluding hydrogens is 454 g/mol. The van der Waals surface area contributed by atoms with E-state index in [-0.39, 0.29) is 30.7 Å². The number of amides is 3. The van der Waals surface area contributed by atoms with Crippen LogP contribution in [0.1, 0.15) is 28.4 Å². The summed E-state index contributed by atoms with van der Waals surface area (Å²) in [5.74, 6) is -0.267. The lowest BCUT2D eigenvalue weighted by Crippen LogP contribution is -2.31. The Labute approximate surface area is 203 Å². The molecule has 0 aromatic heterocycles. The van der Waals surface area contributed by atoms with E-state index in [2.05, 4.69) is 10.6 Å². The second-order valence-corrected chi connectivity index (χ2v) is 8.18. The summed E-state index contributed by atoms with van der Waals surface area (Å²) < 4.78 is 5.44. The summed E-state index contributed by atoms with van der Waals surface area (Å²) in [6.45, 7) is -0.0669. The molecule has 0 heterocycles. The molecule has 0 saturated heterocycles. The number of halogens is 1. The van der Waals surface area contributed by atoms with Crippen LogP contribution in [0.4, 0.5) is 5.69 Å². The van der Waals surface area contributed by atoms with Crippen molar-refractivity contribution in [1.82, 2.24) is 10.2 Å². The minimum absolute atomic E-state index is 0.0236. The molecular formula is C26H26ClN3O4. The number of nitrogens with one attached hydrogen (secondary N) is 2. The quantitative estimate of drug-likeness (QED) is 0.479. The molecule has 3 aromatic carbocycles. The first kappa shape index (κ1) is 24.8. The maximum Gasteiger partial charge on any atom is 0.259 e. The molecule has 176 valence electrons. The number of hydrogen-bond acceptors (Lipinski definition) is 4. The van der Waals surface area contributed by atoms with Crippen molar-refractivity contribution < 1.29 is 19.1 Å². The number of rotatable bonds is 9. The van der Waals surface area contributed by atoms with Crippen LogP contribution in [0.3, 0.4) is 0 Å². The molecule has 8 heteroatoms. The van der Waals surface area contributed by atoms with Crippen LogP contribution in [-0.2, 0) is 9.59 Å². The maximum absolute atomic E-state index is 12.8. The molecule has 0 fully saturated rings. The molecule has 3 amide bonds. The Kier molecular flexibility index (Phi) is 8.65. The predicted molar refractivity (Wildman–Crippen MR) is 132 cm³/mol. The fourth-order valence-corrected chi connectivity index (χ4v) is 3.35. The van der Waals surface area contributed by atoms with Crippen molar-refractivity contribution in [3.63, 3.8) is 0 Å². The molecule has 0 radical (unpaired) electrons. The molecule has 0 aliphatic carbocycles. The normalized spacial score (nSPS) is 11.3. The largest absolute Gasteiger partial charge is 0.484 e. The maximum atomic E-state index is 12.8. The van der Waals surface area contributed by atoms with E-state index < -0.39 is 6.04 Å². The zero-order chi connectivity index (χ0) is 24.5. The van der Waals surface area contributed by atoms with Gasteiger partial charge in [0.1, 0.15) is 5.75 Å². The number of carbonyl (C=O) groups excluding carboxylic acids is 3. The van der Waals surface area contributed by atoms with Gasteiger partial charge >= 0.3 is 0 Å². The van der Waals surface area contributed by atoms with Gasteiger partial charge in [0.2, 0.25) is 5.91 Å². The zero-order valence-corrected chi connectivity index (χ0v) is 19.7. The highest BCUT2D eigenvalue weighted by Crippen LogP contribution is 2.22. The Morgan fingerprint density at radius 1 is 0.912 bits per heavy atom. The minimum Gasteiger partial charge on any atom is -0.484 e. The summed E-state index contributed by atoms with van der Waals surface area (Å²) in [7, 11) is 3.31. The summed E-state index contributed by atoms with van der Waals surface area (Å²) in [5, 5.41) is 6.08. The number of hydrogen-bond donors (Lipinski definition) is 2. The Morgan fingerprint density at radius 2 is 1.56 bits per heavy atom. The molecule has 3 rings (SSSR count). The van der Waals surface area contributed by atoms with Gasteiger partial charge in [-0.1, -0.05) is 54.1 Å². The number of ether oxygens (including phenoxy) is 1. The Balaban J connectivity index is 1.65. The van der Waals surface area contributed by atoms with Crippen LogP contribution in [0.2, 0.25) is 5.02 Å². The van der Waals surface area contributed by atoms with E-state index in [1.54, 1.807) is 62.6 Å². The van der Waals surface area contributed by atoms with E-state index in [1.165, 1.54) is 4.90 Å². The number of benzene rings is 3. The van der Waals surface area contributed by atoms with E-state index in [4.69, 9.17) is 16.3 Å². The van der Waals surface area contributed by atoms with Gasteiger partial charge in [0.05, 0.1) is 23.0 Å². The van der Waals surface area contributed by atoms with Crippen molar-refractivity contribution >= 4 is 35.0 Å². The fraction of sp³-hybridized carbons (Fsp3) is 0.192. The van der Waals surface area contributed by atoms with Gasteiger partial charge in [-0.3, -0.25) is 14.4 Å². The van der Waals surface area contributed by atoms with Gasteiger partial charge < -0.3 is 20.3 Å². The second kappa shape index (κ2) is 11.9. The number of nitrogens with zero attached hydrogens (tertiary/aromatic N) is 1. The average molecular weight is 480 g/mol. The van der Waals surface area contributed by atoms with Gasteiger partial charge in [-0.2, -0.15) is 0 Å². The SMILES string of the molecule is CN(C)C(=O)COc1ccc(NC(=O)CC(NC(=O)c2ccccc2Cl)c2ccccc2)cc1. The molecule has 0 aliphatic heterocycles. The van der Waals surface area contributed by atoms with Crippen LogP contribution in [0.25, 0.3) is 0 Å². The average Bonchev–Trinajstić information content (AvgIpc) is 2.83. The summed E-state index contributed by atoms with van der Waals surface area (Å²) in [4.78, 5) is 38.7. The monoisotopic (exact) mass is 479 g/mol. The zero-order valence-electron chi connectivity index (χ0n) is 19.0. The third kappa shape index (κ3) is 7.08. The second-order valence-electron chi connectivity index (χ2n) is 7.77. The third-order valence-electron chi connectivity index (χ3n) is 5.01. The van der Waals surface area contributed by atoms with E-state index in [0.29, 0.717) is 22.0 Å². The number of carbonyl (C=O) groups is 3. The van der Waals surface area contributed by atoms with Crippen molar-refractivity contribution in [2.75, 3.05) is 26.0 Å². The first-order valence-corrected chi connectivity index (χ1v) is 11.0. The van der Waals surface area contributed by atoms with Crippen LogP contribution in [0.5, 0.6) is 5.75 Å². The number of anilines is 1. The Bertz CT molecular complexity index is 1130. The van der Waals surface area contributed by atoms with Crippen LogP contribution < -0.4 is 15.4 Å². The molecule has 0 saturated carbocycles. The summed E-state index contributed by atoms with van der Waals surface area (Å²) >= 11 is 6.16. The highest BCUT2D eigenvalue weighted by Gasteiger charge is 2.20. The van der Waals surface area contributed by atoms with Gasteiger partial charge in [-0.05, 0) is 42.0 Å². The van der Waals surface area contributed by atoms with Crippen LogP contribution in [-0.4, -0.2) is 43.3 Å². The van der Waals surface area contributed by atoms with Crippen molar-refractivity contribution in [3.8, 4) is 5.75 Å². The molecule has 7 nitrogen and oxygen atoms in total. The van der Waals surface area contributed by atoms with Crippen molar-refractivity contribution in [2.45, 2.75) is 12.5 Å². The Hall–Kier alpha value is -3.84. The van der Waals surface area contributed by atoms with Crippen molar-refractivity contribution in [1.29, 1.82) is 0 Å². The molecule has 0 aliphatic rings. The van der Waals surface area contributed by atoms with Gasteiger partial charge in [-0.25, -0.2) is 0 Å². The molecule has 1 unspecified atom stereocenters. The molecule has 34 heavy (non-hydrogen) atoms. The summed E-state index contributed by atoms with van der Waals surface area (Å²) in [6.07, 6.45) is 0.0236.